The molecule has 1 aliphatic rings. The molecule has 4 heteroatoms. The molecule has 0 saturated carbocycles. The predicted molar refractivity (Wildman–Crippen MR) is 72.3 cm³/mol. The SMILES string of the molecule is CNC(=O)NC1CN(Cc2ccccc2)CC1C. The van der Waals surface area contributed by atoms with Gasteiger partial charge in [0.1, 0.15) is 0 Å². The number of carbonyl (C=O) groups is 1. The van der Waals surface area contributed by atoms with Gasteiger partial charge < -0.3 is 10.6 Å². The van der Waals surface area contributed by atoms with Gasteiger partial charge >= 0.3 is 6.03 Å². The summed E-state index contributed by atoms with van der Waals surface area (Å²) in [7, 11) is 1.65. The Balaban J connectivity index is 1.88. The molecule has 2 N–H and O–H groups in total. The van der Waals surface area contributed by atoms with Gasteiger partial charge in [-0.15, -0.1) is 0 Å². The van der Waals surface area contributed by atoms with Gasteiger partial charge in [0.15, 0.2) is 0 Å². The number of rotatable bonds is 3. The van der Waals surface area contributed by atoms with Gasteiger partial charge in [-0.2, -0.15) is 0 Å². The van der Waals surface area contributed by atoms with Crippen LogP contribution < -0.4 is 10.6 Å². The first-order chi connectivity index (χ1) is 8.69. The third-order valence-corrected chi connectivity index (χ3v) is 3.48. The summed E-state index contributed by atoms with van der Waals surface area (Å²) in [5.74, 6) is 0.492. The molecule has 2 rings (SSSR count). The molecule has 1 aliphatic heterocycles. The molecule has 0 radical (unpaired) electrons. The van der Waals surface area contributed by atoms with Crippen molar-refractivity contribution in [3.8, 4) is 0 Å². The van der Waals surface area contributed by atoms with E-state index in [-0.39, 0.29) is 12.1 Å². The van der Waals surface area contributed by atoms with Crippen LogP contribution in [0.15, 0.2) is 30.3 Å². The van der Waals surface area contributed by atoms with E-state index in [1.165, 1.54) is 5.56 Å². The van der Waals surface area contributed by atoms with Crippen LogP contribution in [0.5, 0.6) is 0 Å². The Morgan fingerprint density at radius 1 is 1.33 bits per heavy atom. The lowest BCUT2D eigenvalue weighted by Crippen LogP contribution is -2.44. The highest BCUT2D eigenvalue weighted by atomic mass is 16.2. The van der Waals surface area contributed by atoms with Crippen molar-refractivity contribution < 1.29 is 4.79 Å². The second-order valence-electron chi connectivity index (χ2n) is 4.99. The number of likely N-dealkylation sites (tertiary alicyclic amines) is 1. The molecule has 1 aromatic carbocycles. The average molecular weight is 247 g/mol. The monoisotopic (exact) mass is 247 g/mol. The third-order valence-electron chi connectivity index (χ3n) is 3.48. The summed E-state index contributed by atoms with van der Waals surface area (Å²) >= 11 is 0. The van der Waals surface area contributed by atoms with Crippen molar-refractivity contribution >= 4 is 6.03 Å². The van der Waals surface area contributed by atoms with Crippen LogP contribution in [0.2, 0.25) is 0 Å². The summed E-state index contributed by atoms with van der Waals surface area (Å²) in [4.78, 5) is 13.7. The molecule has 1 heterocycles. The number of benzene rings is 1. The van der Waals surface area contributed by atoms with Gasteiger partial charge in [0, 0.05) is 32.7 Å². The number of amides is 2. The van der Waals surface area contributed by atoms with Crippen LogP contribution in [0.4, 0.5) is 4.79 Å². The van der Waals surface area contributed by atoms with E-state index in [4.69, 9.17) is 0 Å². The van der Waals surface area contributed by atoms with E-state index in [0.29, 0.717) is 5.92 Å². The number of nitrogens with one attached hydrogen (secondary N) is 2. The second kappa shape index (κ2) is 5.87. The van der Waals surface area contributed by atoms with E-state index < -0.39 is 0 Å². The minimum absolute atomic E-state index is 0.0894. The van der Waals surface area contributed by atoms with Gasteiger partial charge in [-0.3, -0.25) is 4.90 Å². The van der Waals surface area contributed by atoms with Crippen LogP contribution in [0.1, 0.15) is 12.5 Å². The maximum atomic E-state index is 11.3. The summed E-state index contributed by atoms with van der Waals surface area (Å²) in [6, 6.07) is 10.6. The fourth-order valence-corrected chi connectivity index (χ4v) is 2.47. The van der Waals surface area contributed by atoms with Crippen molar-refractivity contribution in [2.75, 3.05) is 20.1 Å². The van der Waals surface area contributed by atoms with Gasteiger partial charge in [0.05, 0.1) is 0 Å². The number of hydrogen-bond acceptors (Lipinski definition) is 2. The Morgan fingerprint density at radius 2 is 2.06 bits per heavy atom. The van der Waals surface area contributed by atoms with Crippen molar-refractivity contribution in [2.45, 2.75) is 19.5 Å². The highest BCUT2D eigenvalue weighted by Gasteiger charge is 2.30. The van der Waals surface area contributed by atoms with Gasteiger partial charge in [0.25, 0.3) is 0 Å². The average Bonchev–Trinajstić information content (AvgIpc) is 2.70. The van der Waals surface area contributed by atoms with Crippen LogP contribution in [-0.4, -0.2) is 37.1 Å². The molecule has 1 fully saturated rings. The van der Waals surface area contributed by atoms with Crippen LogP contribution in [-0.2, 0) is 6.54 Å². The highest BCUT2D eigenvalue weighted by molar-refractivity contribution is 5.73. The Labute approximate surface area is 108 Å². The lowest BCUT2D eigenvalue weighted by molar-refractivity contribution is 0.236. The summed E-state index contributed by atoms with van der Waals surface area (Å²) < 4.78 is 0. The maximum Gasteiger partial charge on any atom is 0.314 e. The first-order valence-electron chi connectivity index (χ1n) is 6.43. The van der Waals surface area contributed by atoms with Crippen LogP contribution in [0.25, 0.3) is 0 Å². The third kappa shape index (κ3) is 3.23. The van der Waals surface area contributed by atoms with Crippen molar-refractivity contribution in [1.82, 2.24) is 15.5 Å². The van der Waals surface area contributed by atoms with Gasteiger partial charge in [-0.25, -0.2) is 4.79 Å². The number of hydrogen-bond donors (Lipinski definition) is 2. The Hall–Kier alpha value is -1.55. The molecule has 2 atom stereocenters. The van der Waals surface area contributed by atoms with E-state index in [1.807, 2.05) is 6.07 Å². The van der Waals surface area contributed by atoms with Crippen molar-refractivity contribution in [3.05, 3.63) is 35.9 Å². The summed E-state index contributed by atoms with van der Waals surface area (Å²) in [5.41, 5.74) is 1.32. The largest absolute Gasteiger partial charge is 0.341 e. The Morgan fingerprint density at radius 3 is 2.72 bits per heavy atom. The fourth-order valence-electron chi connectivity index (χ4n) is 2.47. The molecule has 2 unspecified atom stereocenters. The maximum absolute atomic E-state index is 11.3. The predicted octanol–water partition coefficient (Wildman–Crippen LogP) is 1.44. The quantitative estimate of drug-likeness (QED) is 0.849. The summed E-state index contributed by atoms with van der Waals surface area (Å²) in [6.07, 6.45) is 0. The molecular weight excluding hydrogens is 226 g/mol. The van der Waals surface area contributed by atoms with Crippen LogP contribution in [0.3, 0.4) is 0 Å². The minimum Gasteiger partial charge on any atom is -0.341 e. The van der Waals surface area contributed by atoms with Gasteiger partial charge in [-0.05, 0) is 11.5 Å². The molecule has 2 amide bonds. The van der Waals surface area contributed by atoms with Crippen LogP contribution >= 0.6 is 0 Å². The molecule has 1 saturated heterocycles. The first-order valence-corrected chi connectivity index (χ1v) is 6.43. The zero-order valence-electron chi connectivity index (χ0n) is 11.0. The topological polar surface area (TPSA) is 44.4 Å². The number of nitrogens with zero attached hydrogens (tertiary/aromatic N) is 1. The van der Waals surface area contributed by atoms with Crippen molar-refractivity contribution in [1.29, 1.82) is 0 Å². The Kier molecular flexibility index (Phi) is 4.20. The molecule has 0 spiro atoms. The standard InChI is InChI=1S/C14H21N3O/c1-11-8-17(9-12-6-4-3-5-7-12)10-13(11)16-14(18)15-2/h3-7,11,13H,8-10H2,1-2H3,(H2,15,16,18). The minimum atomic E-state index is -0.0894. The molecule has 0 aliphatic carbocycles. The summed E-state index contributed by atoms with van der Waals surface area (Å²) in [5, 5.41) is 5.61. The van der Waals surface area contributed by atoms with E-state index in [1.54, 1.807) is 7.05 Å². The normalized spacial score (nSPS) is 23.9. The highest BCUT2D eigenvalue weighted by Crippen LogP contribution is 2.18. The molecule has 1 aromatic rings. The van der Waals surface area contributed by atoms with Gasteiger partial charge in [-0.1, -0.05) is 37.3 Å². The zero-order chi connectivity index (χ0) is 13.0. The molecule has 0 aromatic heterocycles. The summed E-state index contributed by atoms with van der Waals surface area (Å²) in [6.45, 7) is 5.09. The smallest absolute Gasteiger partial charge is 0.314 e. The van der Waals surface area contributed by atoms with E-state index >= 15 is 0 Å². The fraction of sp³-hybridized carbons (Fsp3) is 0.500. The molecule has 98 valence electrons. The lowest BCUT2D eigenvalue weighted by Gasteiger charge is -2.17. The first kappa shape index (κ1) is 12.9. The number of urea groups is 1. The second-order valence-corrected chi connectivity index (χ2v) is 4.99. The Bertz CT molecular complexity index is 393. The molecule has 0 bridgehead atoms. The van der Waals surface area contributed by atoms with E-state index in [2.05, 4.69) is 46.7 Å². The zero-order valence-corrected chi connectivity index (χ0v) is 11.0. The molecule has 4 nitrogen and oxygen atoms in total. The van der Waals surface area contributed by atoms with Crippen molar-refractivity contribution in [3.63, 3.8) is 0 Å². The van der Waals surface area contributed by atoms with Crippen LogP contribution in [0, 0.1) is 5.92 Å². The molecule has 18 heavy (non-hydrogen) atoms. The lowest BCUT2D eigenvalue weighted by atomic mass is 10.1. The van der Waals surface area contributed by atoms with E-state index in [9.17, 15) is 4.79 Å². The van der Waals surface area contributed by atoms with Crippen molar-refractivity contribution in [2.24, 2.45) is 5.92 Å². The van der Waals surface area contributed by atoms with Gasteiger partial charge in [0.2, 0.25) is 0 Å². The van der Waals surface area contributed by atoms with E-state index in [0.717, 1.165) is 19.6 Å². The number of carbonyl (C=O) groups excluding carboxylic acids is 1. The molecular formula is C14H21N3O.